The van der Waals surface area contributed by atoms with Crippen LogP contribution in [0.5, 0.6) is 5.75 Å². The molecule has 3 nitrogen and oxygen atoms in total. The lowest BCUT2D eigenvalue weighted by Gasteiger charge is -2.31. The zero-order chi connectivity index (χ0) is 11.5. The molecule has 1 aliphatic heterocycles. The summed E-state index contributed by atoms with van der Waals surface area (Å²) in [7, 11) is 1.71. The molecule has 1 aliphatic rings. The highest BCUT2D eigenvalue weighted by molar-refractivity contribution is 5.38. The first-order chi connectivity index (χ1) is 7.72. The van der Waals surface area contributed by atoms with E-state index in [1.165, 1.54) is 11.1 Å². The Hall–Kier alpha value is -1.06. The Bertz CT molecular complexity index is 365. The average Bonchev–Trinajstić information content (AvgIpc) is 2.29. The minimum Gasteiger partial charge on any atom is -0.496 e. The Labute approximate surface area is 97.2 Å². The van der Waals surface area contributed by atoms with Crippen LogP contribution < -0.4 is 15.4 Å². The van der Waals surface area contributed by atoms with Gasteiger partial charge in [-0.1, -0.05) is 12.1 Å². The molecule has 1 fully saturated rings. The van der Waals surface area contributed by atoms with Crippen molar-refractivity contribution in [2.24, 2.45) is 0 Å². The molecule has 0 aliphatic carbocycles. The molecule has 2 unspecified atom stereocenters. The summed E-state index contributed by atoms with van der Waals surface area (Å²) >= 11 is 0. The summed E-state index contributed by atoms with van der Waals surface area (Å²) < 4.78 is 5.28. The van der Waals surface area contributed by atoms with Crippen LogP contribution in [0.4, 0.5) is 0 Å². The number of aryl methyl sites for hydroxylation is 1. The normalized spacial score (nSPS) is 25.4. The first-order valence-electron chi connectivity index (χ1n) is 5.83. The fraction of sp³-hybridized carbons (Fsp3) is 0.538. The molecule has 0 saturated carbocycles. The minimum atomic E-state index is 0.401. The number of rotatable bonds is 2. The van der Waals surface area contributed by atoms with Gasteiger partial charge in [0.05, 0.1) is 7.11 Å². The molecule has 1 heterocycles. The second-order valence-electron chi connectivity index (χ2n) is 4.40. The van der Waals surface area contributed by atoms with Crippen LogP contribution in [0.1, 0.15) is 24.1 Å². The summed E-state index contributed by atoms with van der Waals surface area (Å²) in [5.41, 5.74) is 2.53. The van der Waals surface area contributed by atoms with E-state index in [4.69, 9.17) is 4.74 Å². The Balaban J connectivity index is 2.22. The quantitative estimate of drug-likeness (QED) is 0.794. The number of piperazine rings is 1. The van der Waals surface area contributed by atoms with Crippen molar-refractivity contribution in [3.63, 3.8) is 0 Å². The van der Waals surface area contributed by atoms with E-state index >= 15 is 0 Å². The monoisotopic (exact) mass is 220 g/mol. The van der Waals surface area contributed by atoms with E-state index in [9.17, 15) is 0 Å². The van der Waals surface area contributed by atoms with E-state index in [-0.39, 0.29) is 0 Å². The van der Waals surface area contributed by atoms with Gasteiger partial charge in [0.2, 0.25) is 0 Å². The van der Waals surface area contributed by atoms with E-state index in [0.29, 0.717) is 12.1 Å². The van der Waals surface area contributed by atoms with E-state index in [2.05, 4.69) is 36.6 Å². The number of benzene rings is 1. The number of hydrogen-bond donors (Lipinski definition) is 2. The first kappa shape index (κ1) is 11.4. The second kappa shape index (κ2) is 4.85. The smallest absolute Gasteiger partial charge is 0.121 e. The summed E-state index contributed by atoms with van der Waals surface area (Å²) in [4.78, 5) is 0. The third-order valence-electron chi connectivity index (χ3n) is 3.23. The van der Waals surface area contributed by atoms with E-state index in [0.717, 1.165) is 18.8 Å². The summed E-state index contributed by atoms with van der Waals surface area (Å²) in [6, 6.07) is 7.28. The molecule has 0 bridgehead atoms. The van der Waals surface area contributed by atoms with Crippen molar-refractivity contribution in [2.45, 2.75) is 25.9 Å². The number of ether oxygens (including phenoxy) is 1. The predicted molar refractivity (Wildman–Crippen MR) is 65.9 cm³/mol. The molecule has 0 aromatic heterocycles. The number of methoxy groups -OCH3 is 1. The molecule has 3 heteroatoms. The Morgan fingerprint density at radius 3 is 2.62 bits per heavy atom. The Kier molecular flexibility index (Phi) is 3.46. The van der Waals surface area contributed by atoms with Crippen LogP contribution in [-0.4, -0.2) is 26.2 Å². The summed E-state index contributed by atoms with van der Waals surface area (Å²) in [5.74, 6) is 0.958. The van der Waals surface area contributed by atoms with Gasteiger partial charge >= 0.3 is 0 Å². The summed E-state index contributed by atoms with van der Waals surface area (Å²) in [6.45, 7) is 6.38. The SMILES string of the molecule is COc1ccc(C2NCCNC2C)cc1C. The third kappa shape index (κ3) is 2.20. The van der Waals surface area contributed by atoms with Gasteiger partial charge < -0.3 is 15.4 Å². The standard InChI is InChI=1S/C13H20N2O/c1-9-8-11(4-5-12(9)16-3)13-10(2)14-6-7-15-13/h4-5,8,10,13-15H,6-7H2,1-3H3. The van der Waals surface area contributed by atoms with Crippen LogP contribution in [0, 0.1) is 6.92 Å². The highest BCUT2D eigenvalue weighted by Crippen LogP contribution is 2.25. The molecular weight excluding hydrogens is 200 g/mol. The number of nitrogens with one attached hydrogen (secondary N) is 2. The van der Waals surface area contributed by atoms with Gasteiger partial charge in [0.25, 0.3) is 0 Å². The van der Waals surface area contributed by atoms with Crippen LogP contribution in [-0.2, 0) is 0 Å². The van der Waals surface area contributed by atoms with Gasteiger partial charge in [-0.25, -0.2) is 0 Å². The molecule has 1 saturated heterocycles. The minimum absolute atomic E-state index is 0.401. The predicted octanol–water partition coefficient (Wildman–Crippen LogP) is 1.63. The zero-order valence-corrected chi connectivity index (χ0v) is 10.2. The fourth-order valence-corrected chi connectivity index (χ4v) is 2.32. The van der Waals surface area contributed by atoms with Gasteiger partial charge in [0.15, 0.2) is 0 Å². The lowest BCUT2D eigenvalue weighted by Crippen LogP contribution is -2.48. The van der Waals surface area contributed by atoms with Gasteiger partial charge in [-0.05, 0) is 31.0 Å². The average molecular weight is 220 g/mol. The summed E-state index contributed by atoms with van der Waals surface area (Å²) in [5, 5.41) is 7.03. The highest BCUT2D eigenvalue weighted by Gasteiger charge is 2.22. The Morgan fingerprint density at radius 1 is 1.25 bits per heavy atom. The van der Waals surface area contributed by atoms with Crippen molar-refractivity contribution in [3.8, 4) is 5.75 Å². The molecule has 0 amide bonds. The third-order valence-corrected chi connectivity index (χ3v) is 3.23. The van der Waals surface area contributed by atoms with Crippen molar-refractivity contribution in [2.75, 3.05) is 20.2 Å². The lowest BCUT2D eigenvalue weighted by molar-refractivity contribution is 0.345. The fourth-order valence-electron chi connectivity index (χ4n) is 2.32. The topological polar surface area (TPSA) is 33.3 Å². The van der Waals surface area contributed by atoms with Gasteiger partial charge in [0, 0.05) is 25.2 Å². The van der Waals surface area contributed by atoms with Crippen LogP contribution >= 0.6 is 0 Å². The van der Waals surface area contributed by atoms with Crippen LogP contribution in [0.15, 0.2) is 18.2 Å². The van der Waals surface area contributed by atoms with Crippen molar-refractivity contribution in [3.05, 3.63) is 29.3 Å². The molecule has 0 spiro atoms. The molecule has 2 N–H and O–H groups in total. The largest absolute Gasteiger partial charge is 0.496 e. The number of hydrogen-bond acceptors (Lipinski definition) is 3. The maximum atomic E-state index is 5.28. The molecule has 2 rings (SSSR count). The molecule has 88 valence electrons. The molecule has 16 heavy (non-hydrogen) atoms. The highest BCUT2D eigenvalue weighted by atomic mass is 16.5. The molecular formula is C13H20N2O. The van der Waals surface area contributed by atoms with Gasteiger partial charge in [-0.15, -0.1) is 0 Å². The zero-order valence-electron chi connectivity index (χ0n) is 10.2. The van der Waals surface area contributed by atoms with E-state index in [1.54, 1.807) is 7.11 Å². The molecule has 0 radical (unpaired) electrons. The maximum Gasteiger partial charge on any atom is 0.121 e. The molecule has 2 atom stereocenters. The van der Waals surface area contributed by atoms with Crippen molar-refractivity contribution in [1.29, 1.82) is 0 Å². The van der Waals surface area contributed by atoms with Gasteiger partial charge in [-0.3, -0.25) is 0 Å². The van der Waals surface area contributed by atoms with Crippen molar-refractivity contribution < 1.29 is 4.74 Å². The van der Waals surface area contributed by atoms with Crippen molar-refractivity contribution >= 4 is 0 Å². The van der Waals surface area contributed by atoms with E-state index < -0.39 is 0 Å². The van der Waals surface area contributed by atoms with Crippen molar-refractivity contribution in [1.82, 2.24) is 10.6 Å². The lowest BCUT2D eigenvalue weighted by atomic mass is 9.97. The molecule has 1 aromatic carbocycles. The van der Waals surface area contributed by atoms with Crippen LogP contribution in [0.3, 0.4) is 0 Å². The van der Waals surface area contributed by atoms with Gasteiger partial charge in [-0.2, -0.15) is 0 Å². The Morgan fingerprint density at radius 2 is 2.00 bits per heavy atom. The molecule has 1 aromatic rings. The first-order valence-corrected chi connectivity index (χ1v) is 5.83. The van der Waals surface area contributed by atoms with Crippen LogP contribution in [0.2, 0.25) is 0 Å². The van der Waals surface area contributed by atoms with Crippen LogP contribution in [0.25, 0.3) is 0 Å². The maximum absolute atomic E-state index is 5.28. The van der Waals surface area contributed by atoms with E-state index in [1.807, 2.05) is 6.07 Å². The van der Waals surface area contributed by atoms with Gasteiger partial charge in [0.1, 0.15) is 5.75 Å². The summed E-state index contributed by atoms with van der Waals surface area (Å²) in [6.07, 6.45) is 0. The second-order valence-corrected chi connectivity index (χ2v) is 4.40.